The SMILES string of the molecule is CC(C)C(C)OC(=O)CCCC(=O)Oc1cc(Cl)cc(Cl)c1Cl. The van der Waals surface area contributed by atoms with E-state index in [4.69, 9.17) is 44.3 Å². The molecule has 1 unspecified atom stereocenters. The van der Waals surface area contributed by atoms with Crippen LogP contribution in [0, 0.1) is 5.92 Å². The van der Waals surface area contributed by atoms with Crippen molar-refractivity contribution >= 4 is 46.7 Å². The number of esters is 2. The van der Waals surface area contributed by atoms with Gasteiger partial charge in [0.1, 0.15) is 11.1 Å². The fraction of sp³-hybridized carbons (Fsp3) is 0.500. The molecule has 0 aliphatic heterocycles. The number of benzene rings is 1. The first kappa shape index (κ1) is 20.1. The van der Waals surface area contributed by atoms with Crippen molar-refractivity contribution in [1.82, 2.24) is 0 Å². The summed E-state index contributed by atoms with van der Waals surface area (Å²) < 4.78 is 10.3. The minimum Gasteiger partial charge on any atom is -0.462 e. The predicted molar refractivity (Wildman–Crippen MR) is 91.4 cm³/mol. The van der Waals surface area contributed by atoms with Crippen molar-refractivity contribution in [3.05, 3.63) is 27.2 Å². The van der Waals surface area contributed by atoms with Gasteiger partial charge in [0.2, 0.25) is 0 Å². The summed E-state index contributed by atoms with van der Waals surface area (Å²) in [4.78, 5) is 23.4. The van der Waals surface area contributed by atoms with Crippen molar-refractivity contribution < 1.29 is 19.1 Å². The lowest BCUT2D eigenvalue weighted by atomic mass is 10.1. The smallest absolute Gasteiger partial charge is 0.311 e. The fourth-order valence-electron chi connectivity index (χ4n) is 1.56. The Morgan fingerprint density at radius 2 is 1.65 bits per heavy atom. The van der Waals surface area contributed by atoms with Crippen LogP contribution < -0.4 is 4.74 Å². The summed E-state index contributed by atoms with van der Waals surface area (Å²) in [5.41, 5.74) is 0. The second kappa shape index (κ2) is 9.36. The van der Waals surface area contributed by atoms with Crippen LogP contribution in [-0.4, -0.2) is 18.0 Å². The number of hydrogen-bond donors (Lipinski definition) is 0. The van der Waals surface area contributed by atoms with Crippen molar-refractivity contribution in [2.45, 2.75) is 46.1 Å². The minimum atomic E-state index is -0.519. The van der Waals surface area contributed by atoms with Crippen molar-refractivity contribution in [3.63, 3.8) is 0 Å². The van der Waals surface area contributed by atoms with Crippen LogP contribution in [0.4, 0.5) is 0 Å². The second-order valence-corrected chi connectivity index (χ2v) is 6.69. The van der Waals surface area contributed by atoms with Crippen molar-refractivity contribution in [1.29, 1.82) is 0 Å². The Balaban J connectivity index is 2.42. The summed E-state index contributed by atoms with van der Waals surface area (Å²) in [6, 6.07) is 2.86. The number of hydrogen-bond acceptors (Lipinski definition) is 4. The van der Waals surface area contributed by atoms with E-state index >= 15 is 0 Å². The molecule has 0 spiro atoms. The Bertz CT molecular complexity index is 573. The molecule has 0 aromatic heterocycles. The predicted octanol–water partition coefficient (Wildman–Crippen LogP) is 5.31. The highest BCUT2D eigenvalue weighted by Gasteiger charge is 2.15. The van der Waals surface area contributed by atoms with Gasteiger partial charge >= 0.3 is 11.9 Å². The van der Waals surface area contributed by atoms with Gasteiger partial charge in [0.05, 0.1) is 5.02 Å². The Hall–Kier alpha value is -0.970. The molecule has 128 valence electrons. The largest absolute Gasteiger partial charge is 0.462 e. The fourth-order valence-corrected chi connectivity index (χ4v) is 2.18. The Morgan fingerprint density at radius 3 is 2.26 bits per heavy atom. The molecule has 0 aliphatic carbocycles. The number of carbonyl (C=O) groups is 2. The van der Waals surface area contributed by atoms with Gasteiger partial charge in [-0.25, -0.2) is 0 Å². The second-order valence-electron chi connectivity index (χ2n) is 5.47. The van der Waals surface area contributed by atoms with Gasteiger partial charge in [-0.1, -0.05) is 48.7 Å². The quantitative estimate of drug-likeness (QED) is 0.365. The topological polar surface area (TPSA) is 52.6 Å². The van der Waals surface area contributed by atoms with E-state index in [1.54, 1.807) is 0 Å². The van der Waals surface area contributed by atoms with E-state index < -0.39 is 5.97 Å². The number of halogens is 3. The maximum Gasteiger partial charge on any atom is 0.311 e. The first-order valence-corrected chi connectivity index (χ1v) is 8.38. The zero-order chi connectivity index (χ0) is 17.6. The summed E-state index contributed by atoms with van der Waals surface area (Å²) in [6.07, 6.45) is 0.387. The van der Waals surface area contributed by atoms with Crippen molar-refractivity contribution in [2.75, 3.05) is 0 Å². The molecule has 23 heavy (non-hydrogen) atoms. The van der Waals surface area contributed by atoms with Crippen LogP contribution in [-0.2, 0) is 14.3 Å². The highest BCUT2D eigenvalue weighted by molar-refractivity contribution is 6.44. The molecule has 0 saturated heterocycles. The minimum absolute atomic E-state index is 0.0611. The van der Waals surface area contributed by atoms with E-state index in [1.165, 1.54) is 12.1 Å². The molecule has 0 heterocycles. The lowest BCUT2D eigenvalue weighted by Crippen LogP contribution is -2.20. The lowest BCUT2D eigenvalue weighted by molar-refractivity contribution is -0.150. The van der Waals surface area contributed by atoms with Crippen LogP contribution >= 0.6 is 34.8 Å². The lowest BCUT2D eigenvalue weighted by Gasteiger charge is -2.16. The van der Waals surface area contributed by atoms with Gasteiger partial charge in [0.15, 0.2) is 5.75 Å². The number of rotatable bonds is 7. The van der Waals surface area contributed by atoms with E-state index in [0.29, 0.717) is 11.4 Å². The summed E-state index contributed by atoms with van der Waals surface area (Å²) in [5, 5.41) is 0.635. The van der Waals surface area contributed by atoms with E-state index in [0.717, 1.165) is 0 Å². The van der Waals surface area contributed by atoms with Crippen LogP contribution in [0.5, 0.6) is 5.75 Å². The molecule has 1 atom stereocenters. The van der Waals surface area contributed by atoms with Crippen LogP contribution in [0.3, 0.4) is 0 Å². The van der Waals surface area contributed by atoms with Crippen molar-refractivity contribution in [3.8, 4) is 5.75 Å². The first-order chi connectivity index (χ1) is 10.7. The molecular formula is C16H19Cl3O4. The average Bonchev–Trinajstić information content (AvgIpc) is 2.43. The molecule has 0 bridgehead atoms. The van der Waals surface area contributed by atoms with Gasteiger partial charge in [-0.05, 0) is 25.3 Å². The highest BCUT2D eigenvalue weighted by atomic mass is 35.5. The van der Waals surface area contributed by atoms with E-state index in [2.05, 4.69) is 0 Å². The van der Waals surface area contributed by atoms with Crippen molar-refractivity contribution in [2.24, 2.45) is 5.92 Å². The van der Waals surface area contributed by atoms with Crippen LogP contribution in [0.1, 0.15) is 40.0 Å². The van der Waals surface area contributed by atoms with Gasteiger partial charge in [0, 0.05) is 23.9 Å². The maximum absolute atomic E-state index is 11.8. The van der Waals surface area contributed by atoms with E-state index in [-0.39, 0.29) is 46.6 Å². The molecule has 0 amide bonds. The highest BCUT2D eigenvalue weighted by Crippen LogP contribution is 2.35. The molecule has 4 nitrogen and oxygen atoms in total. The zero-order valence-electron chi connectivity index (χ0n) is 13.2. The Kier molecular flexibility index (Phi) is 8.17. The Morgan fingerprint density at radius 1 is 1.04 bits per heavy atom. The van der Waals surface area contributed by atoms with E-state index in [9.17, 15) is 9.59 Å². The molecule has 0 fully saturated rings. The summed E-state index contributed by atoms with van der Waals surface area (Å²) in [6.45, 7) is 5.77. The van der Waals surface area contributed by atoms with Gasteiger partial charge in [-0.15, -0.1) is 0 Å². The van der Waals surface area contributed by atoms with Gasteiger partial charge in [0.25, 0.3) is 0 Å². The zero-order valence-corrected chi connectivity index (χ0v) is 15.5. The summed E-state index contributed by atoms with van der Waals surface area (Å²) >= 11 is 17.6. The third-order valence-electron chi connectivity index (χ3n) is 3.20. The monoisotopic (exact) mass is 380 g/mol. The number of carbonyl (C=O) groups excluding carboxylic acids is 2. The maximum atomic E-state index is 11.8. The molecule has 0 radical (unpaired) electrons. The van der Waals surface area contributed by atoms with Crippen LogP contribution in [0.25, 0.3) is 0 Å². The van der Waals surface area contributed by atoms with Gasteiger partial charge < -0.3 is 9.47 Å². The molecular weight excluding hydrogens is 363 g/mol. The normalized spacial score (nSPS) is 12.1. The summed E-state index contributed by atoms with van der Waals surface area (Å²) in [7, 11) is 0. The van der Waals surface area contributed by atoms with Crippen LogP contribution in [0.15, 0.2) is 12.1 Å². The average molecular weight is 382 g/mol. The third kappa shape index (κ3) is 6.98. The van der Waals surface area contributed by atoms with Crippen LogP contribution in [0.2, 0.25) is 15.1 Å². The standard InChI is InChI=1S/C16H19Cl3O4/c1-9(2)10(3)22-14(20)5-4-6-15(21)23-13-8-11(17)7-12(18)16(13)19/h7-10H,4-6H2,1-3H3. The molecule has 1 aromatic rings. The molecule has 7 heteroatoms. The summed E-state index contributed by atoms with van der Waals surface area (Å²) in [5.74, 6) is -0.499. The first-order valence-electron chi connectivity index (χ1n) is 7.25. The molecule has 0 N–H and O–H groups in total. The number of ether oxygens (including phenoxy) is 2. The molecule has 0 saturated carbocycles. The molecule has 1 aromatic carbocycles. The third-order valence-corrected chi connectivity index (χ3v) is 4.20. The van der Waals surface area contributed by atoms with E-state index in [1.807, 2.05) is 20.8 Å². The Labute approximate surface area is 151 Å². The molecule has 0 aliphatic rings. The molecule has 1 rings (SSSR count). The van der Waals surface area contributed by atoms with Gasteiger partial charge in [-0.3, -0.25) is 9.59 Å². The van der Waals surface area contributed by atoms with Gasteiger partial charge in [-0.2, -0.15) is 0 Å².